The maximum Gasteiger partial charge on any atom is 0.229 e. The first-order chi connectivity index (χ1) is 9.77. The van der Waals surface area contributed by atoms with Crippen LogP contribution in [0.5, 0.6) is 0 Å². The minimum absolute atomic E-state index is 0.0219. The van der Waals surface area contributed by atoms with Gasteiger partial charge in [0, 0.05) is 18.6 Å². The molecule has 4 heteroatoms. The molecule has 2 fully saturated rings. The lowest BCUT2D eigenvalue weighted by Crippen LogP contribution is -2.49. The molecule has 2 saturated heterocycles. The third-order valence-corrected chi connectivity index (χ3v) is 4.69. The van der Waals surface area contributed by atoms with E-state index in [0.29, 0.717) is 25.2 Å². The van der Waals surface area contributed by atoms with Gasteiger partial charge in [0.05, 0.1) is 19.1 Å². The zero-order valence-corrected chi connectivity index (χ0v) is 13.1. The lowest BCUT2D eigenvalue weighted by Gasteiger charge is -2.33. The molecule has 0 aromatic carbocycles. The molecular weight excluding hydrogens is 252 g/mol. The van der Waals surface area contributed by atoms with Crippen LogP contribution in [0.25, 0.3) is 0 Å². The number of hydrogen-bond acceptors (Lipinski definition) is 3. The van der Waals surface area contributed by atoms with E-state index in [1.807, 2.05) is 0 Å². The van der Waals surface area contributed by atoms with Gasteiger partial charge in [-0.1, -0.05) is 26.7 Å². The second-order valence-corrected chi connectivity index (χ2v) is 6.15. The molecule has 2 heterocycles. The van der Waals surface area contributed by atoms with Crippen LogP contribution in [0.15, 0.2) is 0 Å². The number of likely N-dealkylation sites (tertiary alicyclic amines) is 1. The van der Waals surface area contributed by atoms with Gasteiger partial charge >= 0.3 is 0 Å². The van der Waals surface area contributed by atoms with Crippen LogP contribution in [0.3, 0.4) is 0 Å². The van der Waals surface area contributed by atoms with Crippen molar-refractivity contribution in [3.05, 3.63) is 0 Å². The molecule has 2 rings (SSSR count). The van der Waals surface area contributed by atoms with E-state index in [-0.39, 0.29) is 12.0 Å². The Balaban J connectivity index is 2.00. The molecular formula is C16H30N2O2. The molecule has 1 amide bonds. The summed E-state index contributed by atoms with van der Waals surface area (Å²) in [4.78, 5) is 15.1. The summed E-state index contributed by atoms with van der Waals surface area (Å²) < 4.78 is 5.57. The lowest BCUT2D eigenvalue weighted by atomic mass is 9.99. The Morgan fingerprint density at radius 2 is 2.10 bits per heavy atom. The maximum absolute atomic E-state index is 12.9. The van der Waals surface area contributed by atoms with Gasteiger partial charge in [0.25, 0.3) is 0 Å². The van der Waals surface area contributed by atoms with Gasteiger partial charge in [0.1, 0.15) is 0 Å². The topological polar surface area (TPSA) is 41.6 Å². The Morgan fingerprint density at radius 1 is 1.25 bits per heavy atom. The van der Waals surface area contributed by atoms with Crippen LogP contribution >= 0.6 is 0 Å². The molecule has 0 aromatic rings. The average molecular weight is 282 g/mol. The van der Waals surface area contributed by atoms with E-state index in [2.05, 4.69) is 24.1 Å². The van der Waals surface area contributed by atoms with Gasteiger partial charge in [-0.2, -0.15) is 0 Å². The van der Waals surface area contributed by atoms with Gasteiger partial charge in [-0.3, -0.25) is 4.79 Å². The molecule has 3 unspecified atom stereocenters. The van der Waals surface area contributed by atoms with E-state index in [9.17, 15) is 4.79 Å². The van der Waals surface area contributed by atoms with Crippen LogP contribution < -0.4 is 5.32 Å². The standard InChI is InChI=1S/C16H30N2O2/c1-3-9-17-15-12-20-11-14(15)16(19)18-10-7-5-6-8-13(18)4-2/h13-15,17H,3-12H2,1-2H3. The Morgan fingerprint density at radius 3 is 2.85 bits per heavy atom. The van der Waals surface area contributed by atoms with Crippen LogP contribution in [-0.2, 0) is 9.53 Å². The van der Waals surface area contributed by atoms with E-state index < -0.39 is 0 Å². The Hall–Kier alpha value is -0.610. The molecule has 0 spiro atoms. The first kappa shape index (κ1) is 15.8. The zero-order chi connectivity index (χ0) is 14.4. The number of nitrogens with one attached hydrogen (secondary N) is 1. The van der Waals surface area contributed by atoms with Gasteiger partial charge in [0.15, 0.2) is 0 Å². The van der Waals surface area contributed by atoms with Crippen LogP contribution in [-0.4, -0.2) is 49.2 Å². The summed E-state index contributed by atoms with van der Waals surface area (Å²) in [5, 5.41) is 3.48. The van der Waals surface area contributed by atoms with E-state index in [0.717, 1.165) is 32.4 Å². The Labute approximate surface area is 123 Å². The summed E-state index contributed by atoms with van der Waals surface area (Å²) in [5.74, 6) is 0.346. The van der Waals surface area contributed by atoms with E-state index >= 15 is 0 Å². The van der Waals surface area contributed by atoms with Crippen molar-refractivity contribution >= 4 is 5.91 Å². The molecule has 0 aromatic heterocycles. The SMILES string of the molecule is CCCNC1COCC1C(=O)N1CCCCCC1CC. The number of ether oxygens (including phenoxy) is 1. The van der Waals surface area contributed by atoms with E-state index in [1.54, 1.807) is 0 Å². The average Bonchev–Trinajstić information content (AvgIpc) is 2.80. The van der Waals surface area contributed by atoms with Crippen molar-refractivity contribution in [2.45, 2.75) is 64.5 Å². The highest BCUT2D eigenvalue weighted by molar-refractivity contribution is 5.80. The fraction of sp³-hybridized carbons (Fsp3) is 0.938. The Bertz CT molecular complexity index is 309. The summed E-state index contributed by atoms with van der Waals surface area (Å²) >= 11 is 0. The third kappa shape index (κ3) is 3.73. The monoisotopic (exact) mass is 282 g/mol. The molecule has 0 saturated carbocycles. The second kappa shape index (κ2) is 7.99. The van der Waals surface area contributed by atoms with E-state index in [1.165, 1.54) is 19.3 Å². The van der Waals surface area contributed by atoms with Crippen molar-refractivity contribution in [2.24, 2.45) is 5.92 Å². The van der Waals surface area contributed by atoms with Crippen molar-refractivity contribution in [3.63, 3.8) is 0 Å². The summed E-state index contributed by atoms with van der Waals surface area (Å²) in [6, 6.07) is 0.653. The minimum atomic E-state index is 0.0219. The summed E-state index contributed by atoms with van der Waals surface area (Å²) in [7, 11) is 0. The molecule has 2 aliphatic heterocycles. The number of nitrogens with zero attached hydrogens (tertiary/aromatic N) is 1. The molecule has 0 radical (unpaired) electrons. The maximum atomic E-state index is 12.9. The highest BCUT2D eigenvalue weighted by Crippen LogP contribution is 2.24. The van der Waals surface area contributed by atoms with Crippen LogP contribution in [0.2, 0.25) is 0 Å². The second-order valence-electron chi connectivity index (χ2n) is 6.15. The van der Waals surface area contributed by atoms with Gasteiger partial charge in [-0.15, -0.1) is 0 Å². The summed E-state index contributed by atoms with van der Waals surface area (Å²) in [5.41, 5.74) is 0. The summed E-state index contributed by atoms with van der Waals surface area (Å²) in [6.07, 6.45) is 7.02. The fourth-order valence-corrected chi connectivity index (χ4v) is 3.43. The predicted molar refractivity (Wildman–Crippen MR) is 80.7 cm³/mol. The lowest BCUT2D eigenvalue weighted by molar-refractivity contribution is -0.138. The number of rotatable bonds is 5. The van der Waals surface area contributed by atoms with Crippen molar-refractivity contribution in [1.29, 1.82) is 0 Å². The van der Waals surface area contributed by atoms with Crippen LogP contribution in [0, 0.1) is 5.92 Å². The molecule has 20 heavy (non-hydrogen) atoms. The summed E-state index contributed by atoms with van der Waals surface area (Å²) in [6.45, 7) is 7.54. The number of carbonyl (C=O) groups is 1. The van der Waals surface area contributed by atoms with Crippen molar-refractivity contribution < 1.29 is 9.53 Å². The normalized spacial score (nSPS) is 31.3. The molecule has 0 aliphatic carbocycles. The minimum Gasteiger partial charge on any atom is -0.379 e. The number of amides is 1. The van der Waals surface area contributed by atoms with Gasteiger partial charge in [-0.05, 0) is 32.2 Å². The molecule has 0 bridgehead atoms. The zero-order valence-electron chi connectivity index (χ0n) is 13.1. The molecule has 2 aliphatic rings. The van der Waals surface area contributed by atoms with Gasteiger partial charge in [0.2, 0.25) is 5.91 Å². The Kier molecular flexibility index (Phi) is 6.30. The molecule has 4 nitrogen and oxygen atoms in total. The van der Waals surface area contributed by atoms with Crippen molar-refractivity contribution in [3.8, 4) is 0 Å². The highest BCUT2D eigenvalue weighted by Gasteiger charge is 2.38. The van der Waals surface area contributed by atoms with E-state index in [4.69, 9.17) is 4.74 Å². The third-order valence-electron chi connectivity index (χ3n) is 4.69. The fourth-order valence-electron chi connectivity index (χ4n) is 3.43. The predicted octanol–water partition coefficient (Wildman–Crippen LogP) is 2.18. The van der Waals surface area contributed by atoms with Gasteiger partial charge < -0.3 is 15.0 Å². The largest absolute Gasteiger partial charge is 0.379 e. The van der Waals surface area contributed by atoms with Crippen LogP contribution in [0.1, 0.15) is 52.4 Å². The van der Waals surface area contributed by atoms with Crippen molar-refractivity contribution in [2.75, 3.05) is 26.3 Å². The quantitative estimate of drug-likeness (QED) is 0.840. The highest BCUT2D eigenvalue weighted by atomic mass is 16.5. The van der Waals surface area contributed by atoms with Crippen molar-refractivity contribution in [1.82, 2.24) is 10.2 Å². The number of carbonyl (C=O) groups excluding carboxylic acids is 1. The molecule has 116 valence electrons. The first-order valence-electron chi connectivity index (χ1n) is 8.39. The molecule has 1 N–H and O–H groups in total. The smallest absolute Gasteiger partial charge is 0.229 e. The number of hydrogen-bond donors (Lipinski definition) is 1. The van der Waals surface area contributed by atoms with Crippen LogP contribution in [0.4, 0.5) is 0 Å². The molecule has 3 atom stereocenters. The first-order valence-corrected chi connectivity index (χ1v) is 8.39. The van der Waals surface area contributed by atoms with Gasteiger partial charge in [-0.25, -0.2) is 0 Å².